The van der Waals surface area contributed by atoms with Crippen molar-refractivity contribution in [1.82, 2.24) is 25.2 Å². The second kappa shape index (κ2) is 11.3. The Morgan fingerprint density at radius 1 is 1.20 bits per heavy atom. The lowest BCUT2D eigenvalue weighted by atomic mass is 10.0. The maximum atomic E-state index is 14.4. The van der Waals surface area contributed by atoms with Gasteiger partial charge in [0.15, 0.2) is 0 Å². The Bertz CT molecular complexity index is 1660. The van der Waals surface area contributed by atoms with Gasteiger partial charge in [0.2, 0.25) is 0 Å². The van der Waals surface area contributed by atoms with Gasteiger partial charge in [-0.25, -0.2) is 23.1 Å². The molecule has 1 amide bonds. The van der Waals surface area contributed by atoms with Crippen LogP contribution >= 0.6 is 15.9 Å². The third-order valence-corrected chi connectivity index (χ3v) is 7.30. The highest BCUT2D eigenvalue weighted by Crippen LogP contribution is 2.24. The molecule has 208 valence electrons. The van der Waals surface area contributed by atoms with Gasteiger partial charge in [-0.05, 0) is 50.1 Å². The summed E-state index contributed by atoms with van der Waals surface area (Å²) in [4.78, 5) is 39.4. The van der Waals surface area contributed by atoms with Crippen molar-refractivity contribution < 1.29 is 27.5 Å². The summed E-state index contributed by atoms with van der Waals surface area (Å²) < 4.78 is 40.5. The second-order valence-electron chi connectivity index (χ2n) is 9.51. The number of esters is 1. The third-order valence-electron chi connectivity index (χ3n) is 6.80. The number of nitrogens with one attached hydrogen (secondary N) is 1. The maximum Gasteiger partial charge on any atom is 0.349 e. The normalized spacial score (nSPS) is 15.8. The van der Waals surface area contributed by atoms with E-state index in [1.54, 1.807) is 25.1 Å². The minimum atomic E-state index is -1.11. The number of methoxy groups -OCH3 is 1. The molecule has 4 aromatic rings. The van der Waals surface area contributed by atoms with E-state index < -0.39 is 34.7 Å². The number of likely N-dealkylation sites (tertiary alicyclic amines) is 1. The van der Waals surface area contributed by atoms with Crippen LogP contribution in [-0.4, -0.2) is 58.0 Å². The quantitative estimate of drug-likeness (QED) is 0.256. The first-order valence-corrected chi connectivity index (χ1v) is 13.2. The molecular formula is C27H24BrF2N5O5. The van der Waals surface area contributed by atoms with Gasteiger partial charge < -0.3 is 14.5 Å². The third kappa shape index (κ3) is 5.52. The predicted octanol–water partition coefficient (Wildman–Crippen LogP) is 3.90. The molecule has 10 nitrogen and oxygen atoms in total. The molecule has 0 saturated carbocycles. The smallest absolute Gasteiger partial charge is 0.349 e. The molecule has 2 aromatic carbocycles. The van der Waals surface area contributed by atoms with Crippen molar-refractivity contribution in [2.45, 2.75) is 32.4 Å². The highest BCUT2D eigenvalue weighted by atomic mass is 79.9. The van der Waals surface area contributed by atoms with Gasteiger partial charge in [0, 0.05) is 41.1 Å². The number of halogens is 3. The zero-order chi connectivity index (χ0) is 28.6. The Labute approximate surface area is 235 Å². The van der Waals surface area contributed by atoms with Gasteiger partial charge in [-0.3, -0.25) is 9.69 Å². The van der Waals surface area contributed by atoms with Crippen molar-refractivity contribution >= 4 is 38.8 Å². The molecule has 40 heavy (non-hydrogen) atoms. The molecule has 0 spiro atoms. The van der Waals surface area contributed by atoms with Crippen LogP contribution in [0.5, 0.6) is 0 Å². The van der Waals surface area contributed by atoms with E-state index in [0.717, 1.165) is 43.1 Å². The molecule has 5 rings (SSSR count). The summed E-state index contributed by atoms with van der Waals surface area (Å²) in [5, 5.41) is 11.7. The molecule has 0 bridgehead atoms. The monoisotopic (exact) mass is 615 g/mol. The summed E-state index contributed by atoms with van der Waals surface area (Å²) in [6.07, 6.45) is 3.06. The van der Waals surface area contributed by atoms with E-state index in [0.29, 0.717) is 35.3 Å². The summed E-state index contributed by atoms with van der Waals surface area (Å²) in [5.41, 5.74) is 0.0524. The zero-order valence-electron chi connectivity index (χ0n) is 21.5. The number of nitrogens with zero attached hydrogens (tertiary/aromatic N) is 4. The first-order chi connectivity index (χ1) is 19.1. The van der Waals surface area contributed by atoms with Crippen LogP contribution in [0.1, 0.15) is 44.8 Å². The first-order valence-electron chi connectivity index (χ1n) is 12.4. The summed E-state index contributed by atoms with van der Waals surface area (Å²) in [7, 11) is 1.04. The lowest BCUT2D eigenvalue weighted by Gasteiger charge is -2.32. The highest BCUT2D eigenvalue weighted by Gasteiger charge is 2.26. The van der Waals surface area contributed by atoms with Crippen molar-refractivity contribution in [1.29, 1.82) is 0 Å². The lowest BCUT2D eigenvalue weighted by Crippen LogP contribution is -2.48. The fourth-order valence-electron chi connectivity index (χ4n) is 4.88. The van der Waals surface area contributed by atoms with Crippen LogP contribution in [0, 0.1) is 18.6 Å². The Morgan fingerprint density at radius 2 is 1.95 bits per heavy atom. The molecule has 13 heteroatoms. The number of fused-ring (bicyclic) bond motifs is 1. The number of hydrogen-bond acceptors (Lipinski definition) is 8. The topological polar surface area (TPSA) is 120 Å². The molecule has 1 fully saturated rings. The number of carbonyl (C=O) groups excluding carboxylic acids is 2. The second-order valence-corrected chi connectivity index (χ2v) is 10.4. The number of carbonyl (C=O) groups is 2. The molecule has 1 atom stereocenters. The minimum Gasteiger partial charge on any atom is -0.465 e. The van der Waals surface area contributed by atoms with Crippen LogP contribution in [0.3, 0.4) is 0 Å². The van der Waals surface area contributed by atoms with Gasteiger partial charge in [-0.1, -0.05) is 21.1 Å². The fourth-order valence-corrected chi connectivity index (χ4v) is 5.24. The number of rotatable bonds is 6. The van der Waals surface area contributed by atoms with Crippen LogP contribution in [0.25, 0.3) is 16.7 Å². The predicted molar refractivity (Wildman–Crippen MR) is 143 cm³/mol. The summed E-state index contributed by atoms with van der Waals surface area (Å²) in [6, 6.07) is 6.97. The highest BCUT2D eigenvalue weighted by molar-refractivity contribution is 9.10. The number of amides is 1. The van der Waals surface area contributed by atoms with Gasteiger partial charge in [-0.2, -0.15) is 0 Å². The Hall–Kier alpha value is -3.97. The van der Waals surface area contributed by atoms with Crippen LogP contribution in [0.15, 0.2) is 50.2 Å². The number of aryl methyl sites for hydroxylation is 1. The molecule has 2 aromatic heterocycles. The number of ether oxygens (including phenoxy) is 1. The van der Waals surface area contributed by atoms with Crippen molar-refractivity contribution in [2.24, 2.45) is 0 Å². The van der Waals surface area contributed by atoms with Crippen molar-refractivity contribution in [2.75, 3.05) is 20.2 Å². The fraction of sp³-hybridized carbons (Fsp3) is 0.296. The van der Waals surface area contributed by atoms with Crippen molar-refractivity contribution in [3.63, 3.8) is 0 Å². The molecule has 3 heterocycles. The molecule has 1 unspecified atom stereocenters. The van der Waals surface area contributed by atoms with Crippen molar-refractivity contribution in [3.05, 3.63) is 85.4 Å². The Morgan fingerprint density at radius 3 is 2.67 bits per heavy atom. The molecule has 0 radical (unpaired) electrons. The maximum absolute atomic E-state index is 14.4. The average Bonchev–Trinajstić information content (AvgIpc) is 3.37. The van der Waals surface area contributed by atoms with Crippen LogP contribution < -0.4 is 10.9 Å². The molecule has 1 saturated heterocycles. The van der Waals surface area contributed by atoms with E-state index in [1.165, 1.54) is 10.9 Å². The van der Waals surface area contributed by atoms with Gasteiger partial charge >= 0.3 is 11.6 Å². The number of hydrogen-bond donors (Lipinski definition) is 1. The van der Waals surface area contributed by atoms with E-state index in [-0.39, 0.29) is 17.3 Å². The SMILES string of the molecule is COC(=O)c1c(F)cc(-n2cc(CN3CCCC(NC(=O)c4c(C)c5cc(Br)ccc5oc4=O)C3)nn2)cc1F. The van der Waals surface area contributed by atoms with E-state index in [1.807, 2.05) is 0 Å². The van der Waals surface area contributed by atoms with Crippen LogP contribution in [0.2, 0.25) is 0 Å². The summed E-state index contributed by atoms with van der Waals surface area (Å²) in [5.74, 6) is -3.75. The van der Waals surface area contributed by atoms with E-state index in [4.69, 9.17) is 4.42 Å². The standard InChI is InChI=1S/C27H24BrF2N5O5/c1-14-19-8-15(28)5-6-22(19)40-27(38)23(14)25(36)31-16-4-3-7-34(11-16)12-17-13-35(33-32-17)18-9-20(29)24(21(30)10-18)26(37)39-2/h5-6,8-10,13,16H,3-4,7,11-12H2,1-2H3,(H,31,36). The number of aromatic nitrogens is 3. The Balaban J connectivity index is 1.27. The van der Waals surface area contributed by atoms with Crippen LogP contribution in [-0.2, 0) is 11.3 Å². The molecular weight excluding hydrogens is 592 g/mol. The summed E-state index contributed by atoms with van der Waals surface area (Å²) >= 11 is 3.40. The average molecular weight is 616 g/mol. The van der Waals surface area contributed by atoms with Gasteiger partial charge in [-0.15, -0.1) is 5.10 Å². The van der Waals surface area contributed by atoms with E-state index in [9.17, 15) is 23.2 Å². The van der Waals surface area contributed by atoms with E-state index >= 15 is 0 Å². The molecule has 0 aliphatic carbocycles. The lowest BCUT2D eigenvalue weighted by molar-refractivity contribution is 0.0589. The molecule has 1 N–H and O–H groups in total. The van der Waals surface area contributed by atoms with Gasteiger partial charge in [0.25, 0.3) is 5.91 Å². The van der Waals surface area contributed by atoms with Crippen LogP contribution in [0.4, 0.5) is 8.78 Å². The Kier molecular flexibility index (Phi) is 7.76. The molecule has 1 aliphatic rings. The first kappa shape index (κ1) is 27.6. The largest absolute Gasteiger partial charge is 0.465 e. The van der Waals surface area contributed by atoms with Crippen molar-refractivity contribution in [3.8, 4) is 5.69 Å². The number of piperidine rings is 1. The van der Waals surface area contributed by atoms with E-state index in [2.05, 4.69) is 41.2 Å². The minimum absolute atomic E-state index is 0.0247. The summed E-state index contributed by atoms with van der Waals surface area (Å²) in [6.45, 7) is 3.33. The van der Waals surface area contributed by atoms with Gasteiger partial charge in [0.05, 0.1) is 24.7 Å². The zero-order valence-corrected chi connectivity index (χ0v) is 23.1. The van der Waals surface area contributed by atoms with Gasteiger partial charge in [0.1, 0.15) is 28.3 Å². The molecule has 1 aliphatic heterocycles. The number of benzene rings is 2.